The predicted molar refractivity (Wildman–Crippen MR) is 80.8 cm³/mol. The van der Waals surface area contributed by atoms with E-state index in [1.54, 1.807) is 11.1 Å². The van der Waals surface area contributed by atoms with Gasteiger partial charge in [0.2, 0.25) is 0 Å². The first-order valence-electron chi connectivity index (χ1n) is 7.11. The van der Waals surface area contributed by atoms with E-state index in [0.717, 1.165) is 16.9 Å². The fraction of sp³-hybridized carbons (Fsp3) is 0.529. The third kappa shape index (κ3) is 2.80. The monoisotopic (exact) mass is 262 g/mol. The van der Waals surface area contributed by atoms with E-state index in [2.05, 4.69) is 32.9 Å². The fourth-order valence-electron chi connectivity index (χ4n) is 3.16. The van der Waals surface area contributed by atoms with Crippen molar-refractivity contribution in [2.45, 2.75) is 46.5 Å². The van der Waals surface area contributed by atoms with Crippen LogP contribution >= 0.6 is 11.6 Å². The Labute approximate surface area is 116 Å². The van der Waals surface area contributed by atoms with Gasteiger partial charge in [0.1, 0.15) is 0 Å². The van der Waals surface area contributed by atoms with Gasteiger partial charge < -0.3 is 0 Å². The van der Waals surface area contributed by atoms with Crippen molar-refractivity contribution < 1.29 is 0 Å². The van der Waals surface area contributed by atoms with E-state index in [1.165, 1.54) is 31.2 Å². The molecule has 0 bridgehead atoms. The maximum absolute atomic E-state index is 6.00. The molecule has 0 saturated heterocycles. The molecule has 0 N–H and O–H groups in total. The van der Waals surface area contributed by atoms with Crippen LogP contribution in [0.2, 0.25) is 5.02 Å². The minimum Gasteiger partial charge on any atom is -0.0843 e. The lowest BCUT2D eigenvalue weighted by molar-refractivity contribution is 0.419. The Bertz CT molecular complexity index is 425. The summed E-state index contributed by atoms with van der Waals surface area (Å²) in [5, 5.41) is 0.828. The summed E-state index contributed by atoms with van der Waals surface area (Å²) in [7, 11) is 0. The molecule has 1 atom stereocenters. The van der Waals surface area contributed by atoms with Crippen molar-refractivity contribution in [2.24, 2.45) is 11.8 Å². The summed E-state index contributed by atoms with van der Waals surface area (Å²) < 4.78 is 0. The minimum absolute atomic E-state index is 0.717. The molecule has 18 heavy (non-hydrogen) atoms. The van der Waals surface area contributed by atoms with Gasteiger partial charge in [0.25, 0.3) is 0 Å². The van der Waals surface area contributed by atoms with Crippen molar-refractivity contribution in [3.05, 3.63) is 40.4 Å². The minimum atomic E-state index is 0.717. The first-order chi connectivity index (χ1) is 8.63. The molecule has 0 heterocycles. The molecule has 1 aliphatic rings. The van der Waals surface area contributed by atoms with Gasteiger partial charge in [-0.05, 0) is 60.8 Å². The van der Waals surface area contributed by atoms with Gasteiger partial charge in [-0.2, -0.15) is 0 Å². The van der Waals surface area contributed by atoms with Crippen LogP contribution < -0.4 is 0 Å². The van der Waals surface area contributed by atoms with Gasteiger partial charge in [0.05, 0.1) is 0 Å². The molecule has 1 unspecified atom stereocenters. The van der Waals surface area contributed by atoms with Crippen LogP contribution in [0, 0.1) is 11.8 Å². The maximum atomic E-state index is 6.00. The molecule has 0 radical (unpaired) electrons. The van der Waals surface area contributed by atoms with Gasteiger partial charge in [-0.15, -0.1) is 0 Å². The molecule has 0 nitrogen and oxygen atoms in total. The van der Waals surface area contributed by atoms with Gasteiger partial charge in [0, 0.05) is 5.02 Å². The number of hydrogen-bond donors (Lipinski definition) is 0. The van der Waals surface area contributed by atoms with Crippen molar-refractivity contribution in [1.82, 2.24) is 0 Å². The second-order valence-corrected chi connectivity index (χ2v) is 6.06. The molecule has 0 amide bonds. The summed E-state index contributed by atoms with van der Waals surface area (Å²) in [6.45, 7) is 6.98. The summed E-state index contributed by atoms with van der Waals surface area (Å²) in [4.78, 5) is 0. The van der Waals surface area contributed by atoms with Crippen molar-refractivity contribution >= 4 is 17.2 Å². The highest BCUT2D eigenvalue weighted by atomic mass is 35.5. The first-order valence-corrected chi connectivity index (χ1v) is 7.49. The molecule has 0 aromatic heterocycles. The predicted octanol–water partition coefficient (Wildman–Crippen LogP) is 5.96. The molecule has 0 spiro atoms. The molecular weight excluding hydrogens is 240 g/mol. The second-order valence-electron chi connectivity index (χ2n) is 5.62. The Morgan fingerprint density at radius 1 is 1.22 bits per heavy atom. The highest BCUT2D eigenvalue weighted by molar-refractivity contribution is 6.30. The molecule has 98 valence electrons. The van der Waals surface area contributed by atoms with E-state index >= 15 is 0 Å². The normalized spacial score (nSPS) is 20.6. The molecule has 2 rings (SSSR count). The van der Waals surface area contributed by atoms with Gasteiger partial charge in [0.15, 0.2) is 0 Å². The van der Waals surface area contributed by atoms with E-state index in [-0.39, 0.29) is 0 Å². The van der Waals surface area contributed by atoms with E-state index in [1.807, 2.05) is 12.1 Å². The van der Waals surface area contributed by atoms with Crippen LogP contribution in [0.15, 0.2) is 29.8 Å². The Morgan fingerprint density at radius 2 is 1.89 bits per heavy atom. The zero-order valence-corrected chi connectivity index (χ0v) is 12.4. The third-order valence-electron chi connectivity index (χ3n) is 4.13. The average molecular weight is 263 g/mol. The number of allylic oxidation sites excluding steroid dienone is 2. The van der Waals surface area contributed by atoms with Crippen molar-refractivity contribution in [3.8, 4) is 0 Å². The lowest BCUT2D eigenvalue weighted by Gasteiger charge is -2.31. The lowest BCUT2D eigenvalue weighted by atomic mass is 9.73. The van der Waals surface area contributed by atoms with E-state index in [4.69, 9.17) is 11.6 Å². The topological polar surface area (TPSA) is 0 Å². The lowest BCUT2D eigenvalue weighted by Crippen LogP contribution is -2.17. The highest BCUT2D eigenvalue weighted by Crippen LogP contribution is 2.42. The van der Waals surface area contributed by atoms with Crippen LogP contribution in [0.3, 0.4) is 0 Å². The zero-order chi connectivity index (χ0) is 13.1. The Kier molecular flexibility index (Phi) is 4.50. The Hall–Kier alpha value is -0.750. The number of benzene rings is 1. The molecule has 0 fully saturated rings. The van der Waals surface area contributed by atoms with Gasteiger partial charge in [-0.25, -0.2) is 0 Å². The summed E-state index contributed by atoms with van der Waals surface area (Å²) in [6.07, 6.45) is 5.14. The molecule has 0 aliphatic heterocycles. The molecule has 1 heteroatoms. The smallest absolute Gasteiger partial charge is 0.0406 e. The van der Waals surface area contributed by atoms with Crippen LogP contribution in [0.1, 0.15) is 52.0 Å². The second kappa shape index (κ2) is 5.93. The standard InChI is InChI=1S/C17H23Cl/c1-4-13-6-5-7-16(12(2)3)17(13)14-8-10-15(18)11-9-14/h8-12,16H,4-7H2,1-3H3. The van der Waals surface area contributed by atoms with Crippen LogP contribution in [-0.4, -0.2) is 0 Å². The molecule has 0 saturated carbocycles. The van der Waals surface area contributed by atoms with Gasteiger partial charge >= 0.3 is 0 Å². The third-order valence-corrected chi connectivity index (χ3v) is 4.38. The van der Waals surface area contributed by atoms with Crippen LogP contribution in [-0.2, 0) is 0 Å². The molecule has 1 aliphatic carbocycles. The summed E-state index contributed by atoms with van der Waals surface area (Å²) in [5.41, 5.74) is 4.65. The SMILES string of the molecule is CCC1=C(c2ccc(Cl)cc2)C(C(C)C)CCC1. The fourth-order valence-corrected chi connectivity index (χ4v) is 3.28. The van der Waals surface area contributed by atoms with Crippen LogP contribution in [0.4, 0.5) is 0 Å². The quantitative estimate of drug-likeness (QED) is 0.630. The van der Waals surface area contributed by atoms with Gasteiger partial charge in [-0.3, -0.25) is 0 Å². The molecular formula is C17H23Cl. The summed E-state index contributed by atoms with van der Waals surface area (Å²) >= 11 is 6.00. The summed E-state index contributed by atoms with van der Waals surface area (Å²) in [5.74, 6) is 1.44. The van der Waals surface area contributed by atoms with Crippen LogP contribution in [0.5, 0.6) is 0 Å². The van der Waals surface area contributed by atoms with Crippen molar-refractivity contribution in [1.29, 1.82) is 0 Å². The zero-order valence-electron chi connectivity index (χ0n) is 11.7. The molecule has 1 aromatic carbocycles. The molecule has 1 aromatic rings. The number of hydrogen-bond acceptors (Lipinski definition) is 0. The van der Waals surface area contributed by atoms with Crippen molar-refractivity contribution in [3.63, 3.8) is 0 Å². The first kappa shape index (κ1) is 13.7. The van der Waals surface area contributed by atoms with Gasteiger partial charge in [-0.1, -0.05) is 50.1 Å². The maximum Gasteiger partial charge on any atom is 0.0406 e. The van der Waals surface area contributed by atoms with Crippen molar-refractivity contribution in [2.75, 3.05) is 0 Å². The highest BCUT2D eigenvalue weighted by Gasteiger charge is 2.25. The van der Waals surface area contributed by atoms with E-state index in [0.29, 0.717) is 0 Å². The number of halogens is 1. The van der Waals surface area contributed by atoms with E-state index < -0.39 is 0 Å². The largest absolute Gasteiger partial charge is 0.0843 e. The Balaban J connectivity index is 2.45. The van der Waals surface area contributed by atoms with Crippen LogP contribution in [0.25, 0.3) is 5.57 Å². The Morgan fingerprint density at radius 3 is 2.44 bits per heavy atom. The van der Waals surface area contributed by atoms with E-state index in [9.17, 15) is 0 Å². The number of rotatable bonds is 3. The average Bonchev–Trinajstić information content (AvgIpc) is 2.38. The summed E-state index contributed by atoms with van der Waals surface area (Å²) in [6, 6.07) is 8.41.